The number of hydrogen-bond donors (Lipinski definition) is 3. The maximum Gasteiger partial charge on any atom is 0.251 e. The summed E-state index contributed by atoms with van der Waals surface area (Å²) in [6, 6.07) is 13.1. The Hall–Kier alpha value is -2.53. The molecular formula is C23H34IN5O3. The first-order valence-corrected chi connectivity index (χ1v) is 10.3. The van der Waals surface area contributed by atoms with Crippen LogP contribution >= 0.6 is 24.0 Å². The van der Waals surface area contributed by atoms with Gasteiger partial charge in [-0.1, -0.05) is 12.1 Å². The second-order valence-corrected chi connectivity index (χ2v) is 7.15. The zero-order valence-corrected chi connectivity index (χ0v) is 21.7. The van der Waals surface area contributed by atoms with Crippen molar-refractivity contribution in [3.8, 4) is 11.5 Å². The van der Waals surface area contributed by atoms with Gasteiger partial charge in [-0.05, 0) is 50.8 Å². The van der Waals surface area contributed by atoms with Crippen LogP contribution in [0.1, 0.15) is 22.8 Å². The highest BCUT2D eigenvalue weighted by molar-refractivity contribution is 14.0. The van der Waals surface area contributed by atoms with Gasteiger partial charge in [-0.3, -0.25) is 4.79 Å². The molecule has 0 aliphatic heterocycles. The number of aliphatic imine (C=N–C) groups is 1. The highest BCUT2D eigenvalue weighted by atomic mass is 127. The minimum Gasteiger partial charge on any atom is -0.493 e. The lowest BCUT2D eigenvalue weighted by molar-refractivity contribution is 0.0951. The molecule has 1 amide bonds. The van der Waals surface area contributed by atoms with Crippen molar-refractivity contribution in [1.29, 1.82) is 0 Å². The lowest BCUT2D eigenvalue weighted by atomic mass is 10.1. The van der Waals surface area contributed by atoms with Crippen LogP contribution in [0.5, 0.6) is 11.5 Å². The molecule has 0 spiro atoms. The monoisotopic (exact) mass is 555 g/mol. The Bertz CT molecular complexity index is 890. The second kappa shape index (κ2) is 14.5. The third-order valence-corrected chi connectivity index (χ3v) is 4.44. The van der Waals surface area contributed by atoms with Gasteiger partial charge in [0, 0.05) is 37.0 Å². The summed E-state index contributed by atoms with van der Waals surface area (Å²) in [7, 11) is 7.16. The number of hydrogen-bond acceptors (Lipinski definition) is 5. The summed E-state index contributed by atoms with van der Waals surface area (Å²) in [6.45, 7) is 4.55. The first kappa shape index (κ1) is 27.5. The molecule has 2 rings (SSSR count). The number of carbonyl (C=O) groups excluding carboxylic acids is 1. The maximum atomic E-state index is 12.4. The van der Waals surface area contributed by atoms with E-state index in [-0.39, 0.29) is 29.9 Å². The number of nitrogens with one attached hydrogen (secondary N) is 3. The summed E-state index contributed by atoms with van der Waals surface area (Å²) >= 11 is 0. The number of amides is 1. The van der Waals surface area contributed by atoms with Crippen molar-refractivity contribution in [2.75, 3.05) is 53.3 Å². The molecule has 0 atom stereocenters. The van der Waals surface area contributed by atoms with Gasteiger partial charge in [0.25, 0.3) is 5.91 Å². The smallest absolute Gasteiger partial charge is 0.251 e. The molecule has 9 heteroatoms. The molecule has 0 heterocycles. The van der Waals surface area contributed by atoms with Crippen LogP contribution in [0.25, 0.3) is 0 Å². The van der Waals surface area contributed by atoms with Crippen LogP contribution in [0.4, 0.5) is 5.69 Å². The van der Waals surface area contributed by atoms with Crippen molar-refractivity contribution in [3.05, 3.63) is 53.6 Å². The van der Waals surface area contributed by atoms with E-state index >= 15 is 0 Å². The summed E-state index contributed by atoms with van der Waals surface area (Å²) in [5.74, 6) is 1.85. The number of guanidine groups is 1. The number of anilines is 1. The summed E-state index contributed by atoms with van der Waals surface area (Å²) in [4.78, 5) is 19.0. The molecule has 0 aromatic heterocycles. The van der Waals surface area contributed by atoms with Crippen molar-refractivity contribution in [2.24, 2.45) is 4.99 Å². The van der Waals surface area contributed by atoms with Crippen molar-refractivity contribution >= 4 is 41.5 Å². The number of ether oxygens (including phenoxy) is 2. The molecule has 0 aliphatic rings. The Balaban J connectivity index is 0.00000512. The Morgan fingerprint density at radius 2 is 1.78 bits per heavy atom. The summed E-state index contributed by atoms with van der Waals surface area (Å²) in [6.07, 6.45) is 0. The molecule has 2 aromatic rings. The quantitative estimate of drug-likeness (QED) is 0.237. The molecule has 0 bridgehead atoms. The van der Waals surface area contributed by atoms with Gasteiger partial charge in [-0.15, -0.1) is 24.0 Å². The molecule has 0 fully saturated rings. The van der Waals surface area contributed by atoms with Gasteiger partial charge in [0.2, 0.25) is 0 Å². The van der Waals surface area contributed by atoms with Crippen LogP contribution < -0.4 is 25.4 Å². The number of carbonyl (C=O) groups is 1. The minimum absolute atomic E-state index is 0. The zero-order chi connectivity index (χ0) is 22.6. The number of rotatable bonds is 10. The molecule has 0 saturated heterocycles. The van der Waals surface area contributed by atoms with E-state index in [0.717, 1.165) is 17.8 Å². The molecule has 3 N–H and O–H groups in total. The first-order chi connectivity index (χ1) is 15.0. The van der Waals surface area contributed by atoms with Crippen molar-refractivity contribution in [1.82, 2.24) is 15.5 Å². The van der Waals surface area contributed by atoms with Gasteiger partial charge in [0.1, 0.15) is 0 Å². The van der Waals surface area contributed by atoms with Crippen LogP contribution in [0.2, 0.25) is 0 Å². The van der Waals surface area contributed by atoms with Crippen LogP contribution in [0.3, 0.4) is 0 Å². The Labute approximate surface area is 207 Å². The van der Waals surface area contributed by atoms with Crippen LogP contribution in [0, 0.1) is 0 Å². The Morgan fingerprint density at radius 1 is 1.03 bits per heavy atom. The molecule has 8 nitrogen and oxygen atoms in total. The third kappa shape index (κ3) is 8.91. The van der Waals surface area contributed by atoms with Gasteiger partial charge in [-0.25, -0.2) is 4.99 Å². The van der Waals surface area contributed by atoms with E-state index in [9.17, 15) is 4.79 Å². The number of halogens is 1. The first-order valence-electron chi connectivity index (χ1n) is 10.3. The van der Waals surface area contributed by atoms with E-state index in [0.29, 0.717) is 42.7 Å². The minimum atomic E-state index is -0.0805. The zero-order valence-electron chi connectivity index (χ0n) is 19.4. The lowest BCUT2D eigenvalue weighted by Crippen LogP contribution is -2.31. The van der Waals surface area contributed by atoms with Gasteiger partial charge in [0.05, 0.1) is 20.8 Å². The standard InChI is InChI=1S/C23H33N5O3.HI/c1-6-24-23(27-19-10-11-20(30-4)21(15-19)31-5)26-16-17-8-7-9-18(14-17)22(29)25-12-13-28(2)3;/h7-11,14-15H,6,12-13,16H2,1-5H3,(H,25,29)(H2,24,26,27);1H. The molecule has 0 radical (unpaired) electrons. The number of methoxy groups -OCH3 is 2. The molecule has 2 aromatic carbocycles. The normalized spacial score (nSPS) is 10.9. The topological polar surface area (TPSA) is 87.2 Å². The predicted molar refractivity (Wildman–Crippen MR) is 141 cm³/mol. The van der Waals surface area contributed by atoms with Gasteiger partial charge in [0.15, 0.2) is 17.5 Å². The number of nitrogens with zero attached hydrogens (tertiary/aromatic N) is 2. The SMILES string of the molecule is CCNC(=NCc1cccc(C(=O)NCCN(C)C)c1)Nc1ccc(OC)c(OC)c1.I. The molecule has 32 heavy (non-hydrogen) atoms. The van der Waals surface area contributed by atoms with E-state index in [2.05, 4.69) is 20.9 Å². The van der Waals surface area contributed by atoms with E-state index < -0.39 is 0 Å². The highest BCUT2D eigenvalue weighted by Crippen LogP contribution is 2.29. The fourth-order valence-corrected chi connectivity index (χ4v) is 2.83. The molecular weight excluding hydrogens is 521 g/mol. The van der Waals surface area contributed by atoms with Crippen LogP contribution in [-0.4, -0.2) is 64.7 Å². The van der Waals surface area contributed by atoms with Gasteiger partial charge >= 0.3 is 0 Å². The summed E-state index contributed by atoms with van der Waals surface area (Å²) < 4.78 is 10.6. The average molecular weight is 555 g/mol. The van der Waals surface area contributed by atoms with E-state index in [4.69, 9.17) is 9.47 Å². The van der Waals surface area contributed by atoms with Crippen LogP contribution in [0.15, 0.2) is 47.5 Å². The van der Waals surface area contributed by atoms with E-state index in [1.54, 1.807) is 14.2 Å². The highest BCUT2D eigenvalue weighted by Gasteiger charge is 2.08. The Morgan fingerprint density at radius 3 is 2.44 bits per heavy atom. The molecule has 0 unspecified atom stereocenters. The van der Waals surface area contributed by atoms with E-state index in [1.165, 1.54) is 0 Å². The van der Waals surface area contributed by atoms with Gasteiger partial charge in [-0.2, -0.15) is 0 Å². The average Bonchev–Trinajstić information content (AvgIpc) is 2.77. The van der Waals surface area contributed by atoms with Crippen molar-refractivity contribution < 1.29 is 14.3 Å². The van der Waals surface area contributed by atoms with Crippen LogP contribution in [-0.2, 0) is 6.54 Å². The largest absolute Gasteiger partial charge is 0.493 e. The molecule has 0 aliphatic carbocycles. The summed E-state index contributed by atoms with van der Waals surface area (Å²) in [5, 5.41) is 9.43. The molecule has 0 saturated carbocycles. The molecule has 176 valence electrons. The fraction of sp³-hybridized carbons (Fsp3) is 0.391. The van der Waals surface area contributed by atoms with Gasteiger partial charge < -0.3 is 30.3 Å². The summed E-state index contributed by atoms with van der Waals surface area (Å²) in [5.41, 5.74) is 2.40. The predicted octanol–water partition coefficient (Wildman–Crippen LogP) is 3.19. The third-order valence-electron chi connectivity index (χ3n) is 4.44. The number of benzene rings is 2. The Kier molecular flexibility index (Phi) is 12.5. The van der Waals surface area contributed by atoms with Crippen molar-refractivity contribution in [2.45, 2.75) is 13.5 Å². The van der Waals surface area contributed by atoms with E-state index in [1.807, 2.05) is 68.4 Å². The maximum absolute atomic E-state index is 12.4. The second-order valence-electron chi connectivity index (χ2n) is 7.15. The lowest BCUT2D eigenvalue weighted by Gasteiger charge is -2.14. The van der Waals surface area contributed by atoms with Crippen molar-refractivity contribution in [3.63, 3.8) is 0 Å². The fourth-order valence-electron chi connectivity index (χ4n) is 2.83. The number of likely N-dealkylation sites (N-methyl/N-ethyl adjacent to an activating group) is 1.